The SMILES string of the molecule is COc1ccc2cc(NC(=O)C3CCNCC3)c(=O)oc2c1. The van der Waals surface area contributed by atoms with Crippen LogP contribution in [0.3, 0.4) is 0 Å². The average molecular weight is 302 g/mol. The second-order valence-electron chi connectivity index (χ2n) is 5.36. The highest BCUT2D eigenvalue weighted by atomic mass is 16.5. The molecule has 1 aromatic carbocycles. The number of ether oxygens (including phenoxy) is 1. The molecule has 0 bridgehead atoms. The first-order valence-electron chi connectivity index (χ1n) is 7.31. The topological polar surface area (TPSA) is 80.6 Å². The summed E-state index contributed by atoms with van der Waals surface area (Å²) in [7, 11) is 1.55. The fourth-order valence-electron chi connectivity index (χ4n) is 2.62. The molecule has 0 unspecified atom stereocenters. The summed E-state index contributed by atoms with van der Waals surface area (Å²) in [5.74, 6) is 0.427. The Morgan fingerprint density at radius 1 is 1.32 bits per heavy atom. The Hall–Kier alpha value is -2.34. The van der Waals surface area contributed by atoms with Crippen LogP contribution in [-0.4, -0.2) is 26.1 Å². The van der Waals surface area contributed by atoms with Gasteiger partial charge in [0, 0.05) is 17.4 Å². The lowest BCUT2D eigenvalue weighted by Gasteiger charge is -2.21. The quantitative estimate of drug-likeness (QED) is 0.844. The normalized spacial score (nSPS) is 15.7. The van der Waals surface area contributed by atoms with Crippen LogP contribution in [0.15, 0.2) is 33.5 Å². The minimum Gasteiger partial charge on any atom is -0.497 e. The number of fused-ring (bicyclic) bond motifs is 1. The first-order chi connectivity index (χ1) is 10.7. The summed E-state index contributed by atoms with van der Waals surface area (Å²) in [6.07, 6.45) is 1.56. The zero-order valence-electron chi connectivity index (χ0n) is 12.3. The van der Waals surface area contributed by atoms with Crippen molar-refractivity contribution in [2.24, 2.45) is 5.92 Å². The molecular weight excluding hydrogens is 284 g/mol. The van der Waals surface area contributed by atoms with Crippen molar-refractivity contribution in [3.63, 3.8) is 0 Å². The van der Waals surface area contributed by atoms with Crippen molar-refractivity contribution >= 4 is 22.6 Å². The average Bonchev–Trinajstić information content (AvgIpc) is 2.56. The summed E-state index contributed by atoms with van der Waals surface area (Å²) >= 11 is 0. The number of hydrogen-bond acceptors (Lipinski definition) is 5. The van der Waals surface area contributed by atoms with Crippen molar-refractivity contribution in [2.75, 3.05) is 25.5 Å². The van der Waals surface area contributed by atoms with Gasteiger partial charge < -0.3 is 19.8 Å². The third-order valence-corrected chi connectivity index (χ3v) is 3.91. The lowest BCUT2D eigenvalue weighted by Crippen LogP contribution is -2.35. The maximum atomic E-state index is 12.2. The summed E-state index contributed by atoms with van der Waals surface area (Å²) in [5.41, 5.74) is 0.0634. The second kappa shape index (κ2) is 6.19. The zero-order chi connectivity index (χ0) is 15.5. The van der Waals surface area contributed by atoms with Gasteiger partial charge >= 0.3 is 5.63 Å². The van der Waals surface area contributed by atoms with E-state index in [9.17, 15) is 9.59 Å². The molecule has 3 rings (SSSR count). The molecule has 116 valence electrons. The molecule has 0 spiro atoms. The summed E-state index contributed by atoms with van der Waals surface area (Å²) < 4.78 is 10.4. The predicted octanol–water partition coefficient (Wildman–Crippen LogP) is 1.74. The number of amides is 1. The fraction of sp³-hybridized carbons (Fsp3) is 0.375. The number of methoxy groups -OCH3 is 1. The molecule has 6 nitrogen and oxygen atoms in total. The van der Waals surface area contributed by atoms with E-state index < -0.39 is 5.63 Å². The zero-order valence-corrected chi connectivity index (χ0v) is 12.3. The van der Waals surface area contributed by atoms with Crippen LogP contribution >= 0.6 is 0 Å². The van der Waals surface area contributed by atoms with Crippen LogP contribution in [0.4, 0.5) is 5.69 Å². The maximum Gasteiger partial charge on any atom is 0.360 e. The largest absolute Gasteiger partial charge is 0.497 e. The first-order valence-corrected chi connectivity index (χ1v) is 7.31. The monoisotopic (exact) mass is 302 g/mol. The van der Waals surface area contributed by atoms with E-state index in [0.717, 1.165) is 31.3 Å². The highest BCUT2D eigenvalue weighted by Crippen LogP contribution is 2.22. The Morgan fingerprint density at radius 3 is 2.82 bits per heavy atom. The number of benzene rings is 1. The lowest BCUT2D eigenvalue weighted by atomic mass is 9.97. The molecule has 2 heterocycles. The van der Waals surface area contributed by atoms with Crippen molar-refractivity contribution in [3.8, 4) is 5.75 Å². The molecule has 1 aliphatic heterocycles. The molecule has 0 atom stereocenters. The van der Waals surface area contributed by atoms with Gasteiger partial charge in [-0.15, -0.1) is 0 Å². The van der Waals surface area contributed by atoms with Crippen molar-refractivity contribution in [3.05, 3.63) is 34.7 Å². The lowest BCUT2D eigenvalue weighted by molar-refractivity contribution is -0.120. The smallest absolute Gasteiger partial charge is 0.360 e. The van der Waals surface area contributed by atoms with Gasteiger partial charge in [0.2, 0.25) is 5.91 Å². The summed E-state index contributed by atoms with van der Waals surface area (Å²) in [4.78, 5) is 24.2. The molecule has 6 heteroatoms. The van der Waals surface area contributed by atoms with Crippen LogP contribution in [0.5, 0.6) is 5.75 Å². The van der Waals surface area contributed by atoms with Crippen LogP contribution < -0.4 is 21.0 Å². The molecule has 1 aromatic heterocycles. The number of rotatable bonds is 3. The molecule has 1 fully saturated rings. The van der Waals surface area contributed by atoms with Crippen LogP contribution in [0.1, 0.15) is 12.8 Å². The van der Waals surface area contributed by atoms with E-state index >= 15 is 0 Å². The summed E-state index contributed by atoms with van der Waals surface area (Å²) in [6, 6.07) is 6.85. The van der Waals surface area contributed by atoms with Crippen molar-refractivity contribution in [2.45, 2.75) is 12.8 Å². The van der Waals surface area contributed by atoms with Crippen molar-refractivity contribution in [1.82, 2.24) is 5.32 Å². The Morgan fingerprint density at radius 2 is 2.09 bits per heavy atom. The summed E-state index contributed by atoms with van der Waals surface area (Å²) in [5, 5.41) is 6.64. The number of piperidine rings is 1. The molecule has 0 saturated carbocycles. The van der Waals surface area contributed by atoms with Gasteiger partial charge in [-0.05, 0) is 44.1 Å². The van der Waals surface area contributed by atoms with Gasteiger partial charge in [-0.2, -0.15) is 0 Å². The van der Waals surface area contributed by atoms with Gasteiger partial charge in [0.15, 0.2) is 0 Å². The van der Waals surface area contributed by atoms with Crippen LogP contribution in [0, 0.1) is 5.92 Å². The number of hydrogen-bond donors (Lipinski definition) is 2. The first kappa shape index (κ1) is 14.6. The van der Waals surface area contributed by atoms with Gasteiger partial charge in [0.25, 0.3) is 0 Å². The molecule has 22 heavy (non-hydrogen) atoms. The van der Waals surface area contributed by atoms with Crippen LogP contribution in [0.25, 0.3) is 11.0 Å². The van der Waals surface area contributed by atoms with E-state index in [-0.39, 0.29) is 17.5 Å². The Kier molecular flexibility index (Phi) is 4.11. The highest BCUT2D eigenvalue weighted by molar-refractivity contribution is 5.94. The highest BCUT2D eigenvalue weighted by Gasteiger charge is 2.22. The molecule has 2 aromatic rings. The van der Waals surface area contributed by atoms with Gasteiger partial charge in [-0.25, -0.2) is 4.79 Å². The van der Waals surface area contributed by atoms with Crippen LogP contribution in [-0.2, 0) is 4.79 Å². The van der Waals surface area contributed by atoms with E-state index in [1.54, 1.807) is 31.4 Å². The molecule has 1 aliphatic rings. The minimum atomic E-state index is -0.553. The molecular formula is C16H18N2O4. The summed E-state index contributed by atoms with van der Waals surface area (Å²) in [6.45, 7) is 1.65. The van der Waals surface area contributed by atoms with E-state index in [4.69, 9.17) is 9.15 Å². The van der Waals surface area contributed by atoms with Crippen molar-refractivity contribution < 1.29 is 13.9 Å². The Labute approximate surface area is 127 Å². The maximum absolute atomic E-state index is 12.2. The number of nitrogens with one attached hydrogen (secondary N) is 2. The molecule has 0 radical (unpaired) electrons. The molecule has 1 saturated heterocycles. The molecule has 2 N–H and O–H groups in total. The minimum absolute atomic E-state index is 0.0628. The third-order valence-electron chi connectivity index (χ3n) is 3.91. The van der Waals surface area contributed by atoms with E-state index in [1.807, 2.05) is 0 Å². The molecule has 0 aliphatic carbocycles. The number of carbonyl (C=O) groups excluding carboxylic acids is 1. The van der Waals surface area contributed by atoms with Crippen molar-refractivity contribution in [1.29, 1.82) is 0 Å². The standard InChI is InChI=1S/C16H18N2O4/c1-21-12-3-2-11-8-13(16(20)22-14(11)9-12)18-15(19)10-4-6-17-7-5-10/h2-3,8-10,17H,4-7H2,1H3,(H,18,19). The second-order valence-corrected chi connectivity index (χ2v) is 5.36. The van der Waals surface area contributed by atoms with Gasteiger partial charge in [0.05, 0.1) is 7.11 Å². The fourth-order valence-corrected chi connectivity index (χ4v) is 2.62. The van der Waals surface area contributed by atoms with Crippen LogP contribution in [0.2, 0.25) is 0 Å². The van der Waals surface area contributed by atoms with Gasteiger partial charge in [0.1, 0.15) is 17.0 Å². The number of anilines is 1. The van der Waals surface area contributed by atoms with Gasteiger partial charge in [-0.3, -0.25) is 4.79 Å². The number of carbonyl (C=O) groups is 1. The molecule has 1 amide bonds. The van der Waals surface area contributed by atoms with E-state index in [0.29, 0.717) is 11.3 Å². The third kappa shape index (κ3) is 2.96. The van der Waals surface area contributed by atoms with Gasteiger partial charge in [-0.1, -0.05) is 0 Å². The van der Waals surface area contributed by atoms with E-state index in [2.05, 4.69) is 10.6 Å². The van der Waals surface area contributed by atoms with E-state index in [1.165, 1.54) is 0 Å². The Balaban J connectivity index is 1.85. The Bertz CT molecular complexity index is 747. The predicted molar refractivity (Wildman–Crippen MR) is 83.3 cm³/mol.